The number of aromatic nitrogens is 1. The predicted octanol–water partition coefficient (Wildman–Crippen LogP) is 3.58. The molecule has 2 aromatic rings. The zero-order valence-electron chi connectivity index (χ0n) is 11.1. The van der Waals surface area contributed by atoms with E-state index in [1.165, 1.54) is 5.69 Å². The number of hydrogen-bond acceptors (Lipinski definition) is 4. The SMILES string of the molecule is CCN(c1ccccc1)c1nc(C(C)NC)cs1. The third-order valence-electron chi connectivity index (χ3n) is 3.00. The quantitative estimate of drug-likeness (QED) is 0.891. The molecule has 1 N–H and O–H groups in total. The molecule has 96 valence electrons. The molecule has 1 aromatic heterocycles. The number of benzene rings is 1. The van der Waals surface area contributed by atoms with Crippen molar-refractivity contribution in [1.29, 1.82) is 0 Å². The molecule has 0 fully saturated rings. The van der Waals surface area contributed by atoms with Crippen molar-refractivity contribution in [2.75, 3.05) is 18.5 Å². The van der Waals surface area contributed by atoms with Gasteiger partial charge in [0, 0.05) is 23.7 Å². The van der Waals surface area contributed by atoms with Gasteiger partial charge in [-0.2, -0.15) is 0 Å². The van der Waals surface area contributed by atoms with E-state index in [0.29, 0.717) is 6.04 Å². The molecule has 0 spiro atoms. The Kier molecular flexibility index (Phi) is 4.33. The van der Waals surface area contributed by atoms with Crippen LogP contribution in [0.5, 0.6) is 0 Å². The van der Waals surface area contributed by atoms with Crippen molar-refractivity contribution in [1.82, 2.24) is 10.3 Å². The highest BCUT2D eigenvalue weighted by Crippen LogP contribution is 2.29. The molecule has 0 aliphatic rings. The fraction of sp³-hybridized carbons (Fsp3) is 0.357. The van der Waals surface area contributed by atoms with Crippen LogP contribution in [0.15, 0.2) is 35.7 Å². The number of rotatable bonds is 5. The molecule has 18 heavy (non-hydrogen) atoms. The van der Waals surface area contributed by atoms with Crippen molar-refractivity contribution < 1.29 is 0 Å². The minimum Gasteiger partial charge on any atom is -0.318 e. The highest BCUT2D eigenvalue weighted by atomic mass is 32.1. The molecule has 4 heteroatoms. The zero-order chi connectivity index (χ0) is 13.0. The molecule has 0 amide bonds. The number of thiazole rings is 1. The van der Waals surface area contributed by atoms with Gasteiger partial charge < -0.3 is 10.2 Å². The van der Waals surface area contributed by atoms with Gasteiger partial charge in [0.15, 0.2) is 5.13 Å². The molecule has 1 atom stereocenters. The summed E-state index contributed by atoms with van der Waals surface area (Å²) in [5, 5.41) is 6.40. The van der Waals surface area contributed by atoms with E-state index >= 15 is 0 Å². The molecular formula is C14H19N3S. The number of hydrogen-bond donors (Lipinski definition) is 1. The Morgan fingerprint density at radius 3 is 2.67 bits per heavy atom. The van der Waals surface area contributed by atoms with Gasteiger partial charge in [-0.15, -0.1) is 11.3 Å². The Labute approximate surface area is 112 Å². The second-order valence-corrected chi connectivity index (χ2v) is 4.98. The standard InChI is InChI=1S/C14H19N3S/c1-4-17(12-8-6-5-7-9-12)14-16-13(10-18-14)11(2)15-3/h5-11,15H,4H2,1-3H3. The molecule has 2 rings (SSSR count). The van der Waals surface area contributed by atoms with E-state index in [0.717, 1.165) is 17.4 Å². The van der Waals surface area contributed by atoms with Crippen LogP contribution in [0.25, 0.3) is 0 Å². The van der Waals surface area contributed by atoms with Gasteiger partial charge in [0.25, 0.3) is 0 Å². The lowest BCUT2D eigenvalue weighted by Gasteiger charge is -2.19. The minimum absolute atomic E-state index is 0.296. The van der Waals surface area contributed by atoms with Gasteiger partial charge >= 0.3 is 0 Å². The van der Waals surface area contributed by atoms with Gasteiger partial charge in [0.2, 0.25) is 0 Å². The molecule has 3 nitrogen and oxygen atoms in total. The second-order valence-electron chi connectivity index (χ2n) is 4.15. The third-order valence-corrected chi connectivity index (χ3v) is 3.88. The van der Waals surface area contributed by atoms with Crippen molar-refractivity contribution in [3.63, 3.8) is 0 Å². The van der Waals surface area contributed by atoms with Gasteiger partial charge in [-0.05, 0) is 33.0 Å². The first-order valence-corrected chi connectivity index (χ1v) is 7.09. The summed E-state index contributed by atoms with van der Waals surface area (Å²) in [6.45, 7) is 5.19. The fourth-order valence-electron chi connectivity index (χ4n) is 1.78. The van der Waals surface area contributed by atoms with Crippen LogP contribution in [-0.4, -0.2) is 18.6 Å². The van der Waals surface area contributed by atoms with Crippen LogP contribution >= 0.6 is 11.3 Å². The Hall–Kier alpha value is -1.39. The van der Waals surface area contributed by atoms with Crippen LogP contribution in [0.4, 0.5) is 10.8 Å². The Morgan fingerprint density at radius 2 is 2.06 bits per heavy atom. The van der Waals surface area contributed by atoms with E-state index in [4.69, 9.17) is 4.98 Å². The van der Waals surface area contributed by atoms with E-state index in [-0.39, 0.29) is 0 Å². The molecule has 1 aromatic carbocycles. The highest BCUT2D eigenvalue weighted by molar-refractivity contribution is 7.13. The maximum absolute atomic E-state index is 4.71. The first kappa shape index (κ1) is 13.1. The average molecular weight is 261 g/mol. The maximum Gasteiger partial charge on any atom is 0.190 e. The summed E-state index contributed by atoms with van der Waals surface area (Å²) >= 11 is 1.70. The average Bonchev–Trinajstić information content (AvgIpc) is 2.89. The van der Waals surface area contributed by atoms with E-state index in [1.807, 2.05) is 13.1 Å². The molecule has 0 aliphatic heterocycles. The molecule has 0 saturated carbocycles. The summed E-state index contributed by atoms with van der Waals surface area (Å²) in [7, 11) is 1.96. The van der Waals surface area contributed by atoms with Crippen LogP contribution < -0.4 is 10.2 Å². The molecule has 0 saturated heterocycles. The summed E-state index contributed by atoms with van der Waals surface area (Å²) in [5.41, 5.74) is 2.30. The van der Waals surface area contributed by atoms with Crippen molar-refractivity contribution in [2.45, 2.75) is 19.9 Å². The van der Waals surface area contributed by atoms with Crippen LogP contribution in [0, 0.1) is 0 Å². The summed E-state index contributed by atoms with van der Waals surface area (Å²) in [4.78, 5) is 6.94. The van der Waals surface area contributed by atoms with Crippen LogP contribution in [-0.2, 0) is 0 Å². The van der Waals surface area contributed by atoms with E-state index in [9.17, 15) is 0 Å². The first-order chi connectivity index (χ1) is 8.76. The number of anilines is 2. The lowest BCUT2D eigenvalue weighted by molar-refractivity contribution is 0.636. The number of nitrogens with one attached hydrogen (secondary N) is 1. The molecule has 1 heterocycles. The normalized spacial score (nSPS) is 12.4. The monoisotopic (exact) mass is 261 g/mol. The van der Waals surface area contributed by atoms with Crippen LogP contribution in [0.2, 0.25) is 0 Å². The van der Waals surface area contributed by atoms with Crippen LogP contribution in [0.3, 0.4) is 0 Å². The van der Waals surface area contributed by atoms with E-state index in [2.05, 4.69) is 53.7 Å². The lowest BCUT2D eigenvalue weighted by atomic mass is 10.3. The second kappa shape index (κ2) is 5.98. The molecule has 0 bridgehead atoms. The van der Waals surface area contributed by atoms with E-state index in [1.54, 1.807) is 11.3 Å². The predicted molar refractivity (Wildman–Crippen MR) is 78.7 cm³/mol. The van der Waals surface area contributed by atoms with Crippen molar-refractivity contribution >= 4 is 22.2 Å². The van der Waals surface area contributed by atoms with Gasteiger partial charge in [-0.1, -0.05) is 18.2 Å². The van der Waals surface area contributed by atoms with Gasteiger partial charge in [-0.3, -0.25) is 0 Å². The Morgan fingerprint density at radius 1 is 1.33 bits per heavy atom. The summed E-state index contributed by atoms with van der Waals surface area (Å²) in [5.74, 6) is 0. The number of para-hydroxylation sites is 1. The maximum atomic E-state index is 4.71. The smallest absolute Gasteiger partial charge is 0.190 e. The topological polar surface area (TPSA) is 28.2 Å². The fourth-order valence-corrected chi connectivity index (χ4v) is 2.79. The Bertz CT molecular complexity index is 481. The van der Waals surface area contributed by atoms with Gasteiger partial charge in [0.1, 0.15) is 0 Å². The van der Waals surface area contributed by atoms with Gasteiger partial charge in [0.05, 0.1) is 5.69 Å². The largest absolute Gasteiger partial charge is 0.318 e. The summed E-state index contributed by atoms with van der Waals surface area (Å²) in [6.07, 6.45) is 0. The van der Waals surface area contributed by atoms with Crippen LogP contribution in [0.1, 0.15) is 25.6 Å². The molecule has 0 radical (unpaired) electrons. The molecule has 1 unspecified atom stereocenters. The van der Waals surface area contributed by atoms with Gasteiger partial charge in [-0.25, -0.2) is 4.98 Å². The third kappa shape index (κ3) is 2.71. The first-order valence-electron chi connectivity index (χ1n) is 6.21. The highest BCUT2D eigenvalue weighted by Gasteiger charge is 2.13. The molecule has 0 aliphatic carbocycles. The minimum atomic E-state index is 0.296. The summed E-state index contributed by atoms with van der Waals surface area (Å²) in [6, 6.07) is 10.7. The lowest BCUT2D eigenvalue weighted by Crippen LogP contribution is -2.17. The van der Waals surface area contributed by atoms with Crippen molar-refractivity contribution in [3.8, 4) is 0 Å². The Balaban J connectivity index is 2.26. The van der Waals surface area contributed by atoms with Crippen molar-refractivity contribution in [2.24, 2.45) is 0 Å². The van der Waals surface area contributed by atoms with E-state index < -0.39 is 0 Å². The van der Waals surface area contributed by atoms with Crippen molar-refractivity contribution in [3.05, 3.63) is 41.4 Å². The molecular weight excluding hydrogens is 242 g/mol. The number of nitrogens with zero attached hydrogens (tertiary/aromatic N) is 2. The zero-order valence-corrected chi connectivity index (χ0v) is 11.9. The summed E-state index contributed by atoms with van der Waals surface area (Å²) < 4.78 is 0.